The first-order valence-corrected chi connectivity index (χ1v) is 11.6. The highest BCUT2D eigenvalue weighted by atomic mass is 32.2. The minimum atomic E-state index is -4.22. The summed E-state index contributed by atoms with van der Waals surface area (Å²) >= 11 is 0. The fourth-order valence-electron chi connectivity index (χ4n) is 3.10. The van der Waals surface area contributed by atoms with E-state index in [9.17, 15) is 17.2 Å². The Morgan fingerprint density at radius 3 is 2.12 bits per heavy atom. The number of nitrogens with one attached hydrogen (secondary N) is 3. The lowest BCUT2D eigenvalue weighted by molar-refractivity contribution is 0.551. The maximum absolute atomic E-state index is 13.9. The molecule has 0 unspecified atom stereocenters. The Morgan fingerprint density at radius 1 is 0.765 bits per heavy atom. The summed E-state index contributed by atoms with van der Waals surface area (Å²) in [6.07, 6.45) is 1.70. The van der Waals surface area contributed by atoms with Gasteiger partial charge in [-0.3, -0.25) is 4.72 Å². The van der Waals surface area contributed by atoms with Crippen molar-refractivity contribution in [1.82, 2.24) is 15.0 Å². The van der Waals surface area contributed by atoms with Crippen LogP contribution in [0.15, 0.2) is 71.8 Å². The third-order valence-corrected chi connectivity index (χ3v) is 6.02. The van der Waals surface area contributed by atoms with E-state index in [1.54, 1.807) is 31.3 Å². The number of hydrogen-bond donors (Lipinski definition) is 3. The van der Waals surface area contributed by atoms with E-state index < -0.39 is 26.6 Å². The van der Waals surface area contributed by atoms with Crippen molar-refractivity contribution in [2.24, 2.45) is 0 Å². The van der Waals surface area contributed by atoms with Crippen LogP contribution in [0.1, 0.15) is 11.4 Å². The van der Waals surface area contributed by atoms with Crippen LogP contribution in [0.3, 0.4) is 0 Å². The normalized spacial score (nSPS) is 11.2. The van der Waals surface area contributed by atoms with E-state index >= 15 is 0 Å². The third kappa shape index (κ3) is 5.62. The Kier molecular flexibility index (Phi) is 6.37. The lowest BCUT2D eigenvalue weighted by atomic mass is 10.3. The lowest BCUT2D eigenvalue weighted by Gasteiger charge is -2.12. The van der Waals surface area contributed by atoms with E-state index in [2.05, 4.69) is 30.3 Å². The van der Waals surface area contributed by atoms with Gasteiger partial charge in [-0.15, -0.1) is 0 Å². The van der Waals surface area contributed by atoms with Gasteiger partial charge in [0.15, 0.2) is 0 Å². The number of pyridine rings is 1. The molecule has 4 aromatic rings. The summed E-state index contributed by atoms with van der Waals surface area (Å²) in [4.78, 5) is 12.3. The molecule has 11 heteroatoms. The van der Waals surface area contributed by atoms with E-state index in [4.69, 9.17) is 0 Å². The number of benzene rings is 2. The van der Waals surface area contributed by atoms with E-state index in [0.717, 1.165) is 17.7 Å². The molecule has 174 valence electrons. The highest BCUT2D eigenvalue weighted by Crippen LogP contribution is 2.23. The predicted molar refractivity (Wildman–Crippen MR) is 126 cm³/mol. The van der Waals surface area contributed by atoms with E-state index in [1.165, 1.54) is 12.1 Å². The van der Waals surface area contributed by atoms with Crippen molar-refractivity contribution in [3.05, 3.63) is 89.9 Å². The van der Waals surface area contributed by atoms with Crippen LogP contribution in [0.25, 0.3) is 0 Å². The summed E-state index contributed by atoms with van der Waals surface area (Å²) in [6.45, 7) is 3.72. The molecule has 2 aromatic heterocycles. The number of nitrogens with zero attached hydrogens (tertiary/aromatic N) is 3. The standard InChI is InChI=1S/C23H20F2N6O2S/c1-14-9-10-26-21(11-14)30-23-13-22(27-15(2)28-23)29-17-4-6-18(7-5-17)31-34(32,33)20-8-3-16(24)12-19(20)25/h3-13,31H,1-2H3,(H2,26,27,28,29,30). The maximum Gasteiger partial charge on any atom is 0.264 e. The Balaban J connectivity index is 1.48. The fourth-order valence-corrected chi connectivity index (χ4v) is 4.22. The monoisotopic (exact) mass is 482 g/mol. The van der Waals surface area contributed by atoms with Crippen molar-refractivity contribution in [2.45, 2.75) is 18.7 Å². The summed E-state index contributed by atoms with van der Waals surface area (Å²) in [5.74, 6) is 0.225. The predicted octanol–water partition coefficient (Wildman–Crippen LogP) is 5.05. The van der Waals surface area contributed by atoms with Gasteiger partial charge < -0.3 is 10.6 Å². The quantitative estimate of drug-likeness (QED) is 0.338. The number of anilines is 5. The molecule has 8 nitrogen and oxygen atoms in total. The Labute approximate surface area is 195 Å². The number of aryl methyl sites for hydroxylation is 2. The van der Waals surface area contributed by atoms with Gasteiger partial charge in [-0.1, -0.05) is 0 Å². The second-order valence-corrected chi connectivity index (χ2v) is 9.06. The van der Waals surface area contributed by atoms with Crippen LogP contribution in [-0.4, -0.2) is 23.4 Å². The van der Waals surface area contributed by atoms with Crippen LogP contribution in [0.4, 0.5) is 37.6 Å². The highest BCUT2D eigenvalue weighted by Gasteiger charge is 2.19. The van der Waals surface area contributed by atoms with Crippen molar-refractivity contribution in [1.29, 1.82) is 0 Å². The maximum atomic E-state index is 13.9. The molecule has 0 atom stereocenters. The van der Waals surface area contributed by atoms with Crippen LogP contribution in [0.5, 0.6) is 0 Å². The molecule has 0 aliphatic carbocycles. The second kappa shape index (κ2) is 9.40. The largest absolute Gasteiger partial charge is 0.340 e. The summed E-state index contributed by atoms with van der Waals surface area (Å²) in [5, 5.41) is 6.27. The molecule has 0 saturated carbocycles. The Morgan fingerprint density at radius 2 is 1.44 bits per heavy atom. The van der Waals surface area contributed by atoms with Crippen molar-refractivity contribution < 1.29 is 17.2 Å². The molecule has 0 saturated heterocycles. The number of halogens is 2. The van der Waals surface area contributed by atoms with Gasteiger partial charge in [0.2, 0.25) is 0 Å². The zero-order chi connectivity index (χ0) is 24.3. The van der Waals surface area contributed by atoms with Gasteiger partial charge in [0.05, 0.1) is 0 Å². The Bertz CT molecular complexity index is 1450. The second-order valence-electron chi connectivity index (χ2n) is 7.41. The summed E-state index contributed by atoms with van der Waals surface area (Å²) in [7, 11) is -4.22. The molecule has 34 heavy (non-hydrogen) atoms. The molecule has 0 aliphatic rings. The third-order valence-electron chi connectivity index (χ3n) is 4.60. The van der Waals surface area contributed by atoms with Crippen LogP contribution in [0.2, 0.25) is 0 Å². The van der Waals surface area contributed by atoms with Gasteiger partial charge in [0, 0.05) is 29.7 Å². The molecular weight excluding hydrogens is 462 g/mol. The molecule has 0 bridgehead atoms. The van der Waals surface area contributed by atoms with Crippen LogP contribution < -0.4 is 15.4 Å². The van der Waals surface area contributed by atoms with Gasteiger partial charge >= 0.3 is 0 Å². The minimum Gasteiger partial charge on any atom is -0.340 e. The van der Waals surface area contributed by atoms with Gasteiger partial charge in [-0.25, -0.2) is 32.2 Å². The summed E-state index contributed by atoms with van der Waals surface area (Å²) < 4.78 is 54.1. The molecule has 0 aliphatic heterocycles. The average Bonchev–Trinajstić information content (AvgIpc) is 2.74. The minimum absolute atomic E-state index is 0.209. The van der Waals surface area contributed by atoms with E-state index in [1.807, 2.05) is 19.1 Å². The molecule has 4 rings (SSSR count). The van der Waals surface area contributed by atoms with Crippen molar-refractivity contribution in [3.63, 3.8) is 0 Å². The molecule has 0 fully saturated rings. The first-order valence-electron chi connectivity index (χ1n) is 10.1. The van der Waals surface area contributed by atoms with Crippen LogP contribution in [0, 0.1) is 25.5 Å². The molecule has 0 spiro atoms. The first kappa shape index (κ1) is 23.1. The molecule has 0 amide bonds. The summed E-state index contributed by atoms with van der Waals surface area (Å²) in [5.41, 5.74) is 1.90. The topological polar surface area (TPSA) is 109 Å². The van der Waals surface area contributed by atoms with Crippen LogP contribution in [-0.2, 0) is 10.0 Å². The SMILES string of the molecule is Cc1ccnc(Nc2cc(Nc3ccc(NS(=O)(=O)c4ccc(F)cc4F)cc3)nc(C)n2)c1. The fraction of sp³-hybridized carbons (Fsp3) is 0.0870. The van der Waals surface area contributed by atoms with Crippen LogP contribution >= 0.6 is 0 Å². The van der Waals surface area contributed by atoms with E-state index in [-0.39, 0.29) is 5.69 Å². The smallest absolute Gasteiger partial charge is 0.264 e. The van der Waals surface area contributed by atoms with E-state index in [0.29, 0.717) is 35.0 Å². The molecular formula is C23H20F2N6O2S. The van der Waals surface area contributed by atoms with Crippen molar-refractivity contribution in [2.75, 3.05) is 15.4 Å². The number of rotatable bonds is 7. The Hall–Kier alpha value is -4.12. The van der Waals surface area contributed by atoms with Crippen molar-refractivity contribution >= 4 is 38.9 Å². The van der Waals surface area contributed by atoms with Gasteiger partial charge in [0.25, 0.3) is 10.0 Å². The van der Waals surface area contributed by atoms with Gasteiger partial charge in [0.1, 0.15) is 39.8 Å². The molecule has 2 heterocycles. The number of sulfonamides is 1. The average molecular weight is 483 g/mol. The molecule has 0 radical (unpaired) electrons. The van der Waals surface area contributed by atoms with Crippen molar-refractivity contribution in [3.8, 4) is 0 Å². The van der Waals surface area contributed by atoms with Gasteiger partial charge in [-0.2, -0.15) is 0 Å². The van der Waals surface area contributed by atoms with Gasteiger partial charge in [-0.05, 0) is 67.9 Å². The zero-order valence-corrected chi connectivity index (χ0v) is 19.0. The number of aromatic nitrogens is 3. The lowest BCUT2D eigenvalue weighted by Crippen LogP contribution is -2.14. The highest BCUT2D eigenvalue weighted by molar-refractivity contribution is 7.92. The molecule has 2 aromatic carbocycles. The zero-order valence-electron chi connectivity index (χ0n) is 18.2. The molecule has 3 N–H and O–H groups in total. The first-order chi connectivity index (χ1) is 16.2. The number of hydrogen-bond acceptors (Lipinski definition) is 7. The summed E-state index contributed by atoms with van der Waals surface area (Å²) in [6, 6.07) is 14.0.